The van der Waals surface area contributed by atoms with Gasteiger partial charge in [0.15, 0.2) is 0 Å². The minimum atomic E-state index is 0.625. The molecule has 0 amide bonds. The van der Waals surface area contributed by atoms with Gasteiger partial charge in [-0.1, -0.05) is 24.3 Å². The molecule has 2 unspecified atom stereocenters. The van der Waals surface area contributed by atoms with E-state index in [0.717, 1.165) is 11.6 Å². The minimum Gasteiger partial charge on any atom is -0.290 e. The molecule has 19 heavy (non-hydrogen) atoms. The van der Waals surface area contributed by atoms with Gasteiger partial charge in [0.2, 0.25) is 0 Å². The second-order valence-electron chi connectivity index (χ2n) is 5.28. The highest BCUT2D eigenvalue weighted by molar-refractivity contribution is 5.77. The molecule has 0 bridgehead atoms. The Morgan fingerprint density at radius 2 is 1.74 bits per heavy atom. The quantitative estimate of drug-likeness (QED) is 0.723. The largest absolute Gasteiger partial charge is 0.290 e. The summed E-state index contributed by atoms with van der Waals surface area (Å²) < 4.78 is 0. The van der Waals surface area contributed by atoms with Crippen molar-refractivity contribution in [1.82, 2.24) is 14.8 Å². The number of rotatable bonds is 0. The van der Waals surface area contributed by atoms with Crippen molar-refractivity contribution in [3.8, 4) is 0 Å². The van der Waals surface area contributed by atoms with E-state index in [9.17, 15) is 0 Å². The summed E-state index contributed by atoms with van der Waals surface area (Å²) in [5.41, 5.74) is 1.06. The third kappa shape index (κ3) is 3.31. The van der Waals surface area contributed by atoms with Gasteiger partial charge >= 0.3 is 0 Å². The van der Waals surface area contributed by atoms with Gasteiger partial charge in [-0.3, -0.25) is 14.8 Å². The molecule has 3 heteroatoms. The van der Waals surface area contributed by atoms with Crippen LogP contribution >= 0.6 is 0 Å². The Hall–Kier alpha value is -1.45. The Kier molecular flexibility index (Phi) is 4.51. The number of benzene rings is 1. The molecule has 0 N–H and O–H groups in total. The molecular formula is C16H23N3. The predicted octanol–water partition coefficient (Wildman–Crippen LogP) is 2.83. The van der Waals surface area contributed by atoms with E-state index in [1.165, 1.54) is 11.9 Å². The molecule has 2 atom stereocenters. The summed E-state index contributed by atoms with van der Waals surface area (Å²) in [6.07, 6.45) is 2.43. The maximum absolute atomic E-state index is 4.18. The molecule has 2 aromatic rings. The number of hydrogen-bond acceptors (Lipinski definition) is 3. The zero-order valence-corrected chi connectivity index (χ0v) is 12.2. The first-order valence-corrected chi connectivity index (χ1v) is 6.81. The Labute approximate surface area is 115 Å². The summed E-state index contributed by atoms with van der Waals surface area (Å²) in [7, 11) is 4.35. The molecule has 102 valence electrons. The average Bonchev–Trinajstić information content (AvgIpc) is 2.66. The number of hydrogen-bond donors (Lipinski definition) is 0. The molecule has 0 aliphatic carbocycles. The lowest BCUT2D eigenvalue weighted by molar-refractivity contribution is 0.192. The molecule has 2 heterocycles. The van der Waals surface area contributed by atoms with Crippen molar-refractivity contribution >= 4 is 10.9 Å². The molecule has 3 rings (SSSR count). The lowest BCUT2D eigenvalue weighted by Gasteiger charge is -2.21. The van der Waals surface area contributed by atoms with E-state index in [2.05, 4.69) is 54.9 Å². The zero-order chi connectivity index (χ0) is 13.8. The van der Waals surface area contributed by atoms with Crippen molar-refractivity contribution in [3.63, 3.8) is 0 Å². The Bertz CT molecular complexity index is 449. The Morgan fingerprint density at radius 1 is 1.05 bits per heavy atom. The molecule has 0 saturated carbocycles. The molecule has 1 aromatic carbocycles. The van der Waals surface area contributed by atoms with Crippen molar-refractivity contribution in [2.45, 2.75) is 26.1 Å². The van der Waals surface area contributed by atoms with Crippen LogP contribution in [0.4, 0.5) is 0 Å². The lowest BCUT2D eigenvalue weighted by atomic mass is 10.2. The van der Waals surface area contributed by atoms with Crippen LogP contribution in [0.2, 0.25) is 0 Å². The first-order valence-electron chi connectivity index (χ1n) is 6.81. The van der Waals surface area contributed by atoms with Crippen LogP contribution in [-0.4, -0.2) is 47.6 Å². The van der Waals surface area contributed by atoms with E-state index in [0.29, 0.717) is 6.17 Å². The van der Waals surface area contributed by atoms with Gasteiger partial charge in [-0.25, -0.2) is 0 Å². The van der Waals surface area contributed by atoms with Crippen molar-refractivity contribution in [3.05, 3.63) is 42.6 Å². The molecule has 1 saturated heterocycles. The third-order valence-electron chi connectivity index (χ3n) is 3.99. The highest BCUT2D eigenvalue weighted by atomic mass is 15.4. The fourth-order valence-electron chi connectivity index (χ4n) is 2.39. The van der Waals surface area contributed by atoms with Gasteiger partial charge in [0, 0.05) is 24.2 Å². The van der Waals surface area contributed by atoms with Crippen LogP contribution in [0.1, 0.15) is 13.8 Å². The van der Waals surface area contributed by atoms with Crippen LogP contribution in [0.15, 0.2) is 42.6 Å². The summed E-state index contributed by atoms with van der Waals surface area (Å²) in [6, 6.07) is 12.8. The Balaban J connectivity index is 0.000000141. The number of para-hydroxylation sites is 1. The van der Waals surface area contributed by atoms with Crippen molar-refractivity contribution < 1.29 is 0 Å². The van der Waals surface area contributed by atoms with Gasteiger partial charge in [0.1, 0.15) is 0 Å². The second-order valence-corrected chi connectivity index (χ2v) is 5.28. The van der Waals surface area contributed by atoms with E-state index >= 15 is 0 Å². The summed E-state index contributed by atoms with van der Waals surface area (Å²) in [5.74, 6) is 0. The lowest BCUT2D eigenvalue weighted by Crippen LogP contribution is -2.32. The third-order valence-corrected chi connectivity index (χ3v) is 3.99. The van der Waals surface area contributed by atoms with Gasteiger partial charge in [0.05, 0.1) is 11.7 Å². The molecule has 1 aromatic heterocycles. The topological polar surface area (TPSA) is 19.4 Å². The standard InChI is InChI=1S/C9H7N.C7H16N2/c1-2-6-9-8(4-1)5-3-7-10-9;1-6-5-8(3)7(2)9(6)4/h1-7H;6-7H,5H2,1-4H3. The van der Waals surface area contributed by atoms with Crippen molar-refractivity contribution in [2.75, 3.05) is 20.6 Å². The molecular weight excluding hydrogens is 234 g/mol. The van der Waals surface area contributed by atoms with Gasteiger partial charge in [0.25, 0.3) is 0 Å². The van der Waals surface area contributed by atoms with E-state index in [4.69, 9.17) is 0 Å². The molecule has 0 spiro atoms. The van der Waals surface area contributed by atoms with Gasteiger partial charge < -0.3 is 0 Å². The average molecular weight is 257 g/mol. The molecule has 1 fully saturated rings. The molecule has 1 aliphatic rings. The van der Waals surface area contributed by atoms with Crippen LogP contribution in [-0.2, 0) is 0 Å². The molecule has 1 aliphatic heterocycles. The predicted molar refractivity (Wildman–Crippen MR) is 81.1 cm³/mol. The van der Waals surface area contributed by atoms with E-state index in [-0.39, 0.29) is 0 Å². The number of fused-ring (bicyclic) bond motifs is 1. The highest BCUT2D eigenvalue weighted by Gasteiger charge is 2.27. The number of aromatic nitrogens is 1. The minimum absolute atomic E-state index is 0.625. The van der Waals surface area contributed by atoms with Crippen LogP contribution < -0.4 is 0 Å². The van der Waals surface area contributed by atoms with E-state index in [1.807, 2.05) is 30.5 Å². The first-order chi connectivity index (χ1) is 9.09. The maximum Gasteiger partial charge on any atom is 0.0701 e. The SMILES string of the molecule is CC1CN(C)C(C)N1C.c1ccc2ncccc2c1. The monoisotopic (exact) mass is 257 g/mol. The van der Waals surface area contributed by atoms with Gasteiger partial charge in [-0.15, -0.1) is 0 Å². The molecule has 0 radical (unpaired) electrons. The van der Waals surface area contributed by atoms with E-state index < -0.39 is 0 Å². The summed E-state index contributed by atoms with van der Waals surface area (Å²) in [5, 5.41) is 1.20. The number of nitrogens with zero attached hydrogens (tertiary/aromatic N) is 3. The second kappa shape index (κ2) is 6.13. The van der Waals surface area contributed by atoms with Crippen molar-refractivity contribution in [2.24, 2.45) is 0 Å². The highest BCUT2D eigenvalue weighted by Crippen LogP contribution is 2.14. The van der Waals surface area contributed by atoms with Crippen LogP contribution in [0, 0.1) is 0 Å². The van der Waals surface area contributed by atoms with Crippen LogP contribution in [0.3, 0.4) is 0 Å². The zero-order valence-electron chi connectivity index (χ0n) is 12.2. The smallest absolute Gasteiger partial charge is 0.0701 e. The Morgan fingerprint density at radius 3 is 2.26 bits per heavy atom. The van der Waals surface area contributed by atoms with Crippen molar-refractivity contribution in [1.29, 1.82) is 0 Å². The van der Waals surface area contributed by atoms with E-state index in [1.54, 1.807) is 0 Å². The summed E-state index contributed by atoms with van der Waals surface area (Å²) in [4.78, 5) is 8.94. The van der Waals surface area contributed by atoms with Crippen LogP contribution in [0.25, 0.3) is 10.9 Å². The summed E-state index contributed by atoms with van der Waals surface area (Å²) >= 11 is 0. The first kappa shape index (κ1) is 14.0. The fourth-order valence-corrected chi connectivity index (χ4v) is 2.39. The van der Waals surface area contributed by atoms with Gasteiger partial charge in [-0.05, 0) is 40.1 Å². The number of likely N-dealkylation sites (N-methyl/N-ethyl adjacent to an activating group) is 2. The number of pyridine rings is 1. The van der Waals surface area contributed by atoms with Gasteiger partial charge in [-0.2, -0.15) is 0 Å². The molecule has 3 nitrogen and oxygen atoms in total. The summed E-state index contributed by atoms with van der Waals surface area (Å²) in [6.45, 7) is 5.71. The fraction of sp³-hybridized carbons (Fsp3) is 0.438. The van der Waals surface area contributed by atoms with Crippen LogP contribution in [0.5, 0.6) is 0 Å². The normalized spacial score (nSPS) is 24.2. The maximum atomic E-state index is 4.18.